The lowest BCUT2D eigenvalue weighted by Crippen LogP contribution is -2.36. The molecule has 3 aromatic rings. The van der Waals surface area contributed by atoms with E-state index in [1.165, 1.54) is 5.56 Å². The van der Waals surface area contributed by atoms with Gasteiger partial charge in [0.25, 0.3) is 17.7 Å². The third-order valence-electron chi connectivity index (χ3n) is 6.33. The molecule has 2 heterocycles. The average Bonchev–Trinajstić information content (AvgIpc) is 3.13. The van der Waals surface area contributed by atoms with E-state index in [0.29, 0.717) is 48.9 Å². The summed E-state index contributed by atoms with van der Waals surface area (Å²) in [5.74, 6) is 0.450. The molecule has 3 amide bonds. The minimum absolute atomic E-state index is 0.167. The highest BCUT2D eigenvalue weighted by molar-refractivity contribution is 6.34. The maximum atomic E-state index is 13.3. The van der Waals surface area contributed by atoms with Crippen LogP contribution < -0.4 is 14.4 Å². The summed E-state index contributed by atoms with van der Waals surface area (Å²) in [5.41, 5.74) is 3.66. The van der Waals surface area contributed by atoms with Crippen LogP contribution in [0.3, 0.4) is 0 Å². The molecular formula is C28H26N2O5. The van der Waals surface area contributed by atoms with Crippen LogP contribution >= 0.6 is 0 Å². The van der Waals surface area contributed by atoms with E-state index in [9.17, 15) is 14.4 Å². The molecule has 0 aromatic heterocycles. The first-order valence-corrected chi connectivity index (χ1v) is 11.8. The quantitative estimate of drug-likeness (QED) is 0.497. The van der Waals surface area contributed by atoms with Crippen LogP contribution in [0.1, 0.15) is 56.0 Å². The van der Waals surface area contributed by atoms with Crippen molar-refractivity contribution in [3.63, 3.8) is 0 Å². The van der Waals surface area contributed by atoms with Crippen LogP contribution in [0.15, 0.2) is 60.7 Å². The molecular weight excluding hydrogens is 444 g/mol. The van der Waals surface area contributed by atoms with Crippen molar-refractivity contribution in [2.24, 2.45) is 0 Å². The van der Waals surface area contributed by atoms with Crippen molar-refractivity contribution >= 4 is 23.4 Å². The van der Waals surface area contributed by atoms with E-state index in [-0.39, 0.29) is 11.5 Å². The lowest BCUT2D eigenvalue weighted by molar-refractivity contribution is 0.0734. The fourth-order valence-corrected chi connectivity index (χ4v) is 4.61. The smallest absolute Gasteiger partial charge is 0.266 e. The van der Waals surface area contributed by atoms with Gasteiger partial charge in [-0.2, -0.15) is 0 Å². The summed E-state index contributed by atoms with van der Waals surface area (Å²) in [4.78, 5) is 42.4. The number of rotatable bonds is 6. The summed E-state index contributed by atoms with van der Waals surface area (Å²) in [7, 11) is 0. The number of fused-ring (bicyclic) bond motifs is 2. The monoisotopic (exact) mass is 470 g/mol. The highest BCUT2D eigenvalue weighted by Crippen LogP contribution is 2.31. The fraction of sp³-hybridized carbons (Fsp3) is 0.250. The minimum Gasteiger partial charge on any atom is -0.494 e. The van der Waals surface area contributed by atoms with Crippen molar-refractivity contribution in [2.75, 3.05) is 24.7 Å². The average molecular weight is 471 g/mol. The molecule has 0 bridgehead atoms. The second-order valence-corrected chi connectivity index (χ2v) is 8.47. The summed E-state index contributed by atoms with van der Waals surface area (Å²) in [5, 5.41) is 0. The number of carbonyl (C=O) groups is 3. The molecule has 3 aromatic carbocycles. The minimum atomic E-state index is -0.436. The van der Waals surface area contributed by atoms with Gasteiger partial charge in [-0.15, -0.1) is 0 Å². The van der Waals surface area contributed by atoms with Gasteiger partial charge in [0.05, 0.1) is 30.0 Å². The normalized spacial score (nSPS) is 14.6. The summed E-state index contributed by atoms with van der Waals surface area (Å²) in [6.45, 7) is 5.99. The first-order valence-electron chi connectivity index (χ1n) is 11.8. The number of hydrogen-bond acceptors (Lipinski definition) is 5. The summed E-state index contributed by atoms with van der Waals surface area (Å²) in [6.07, 6.45) is 0.751. The number of imide groups is 1. The molecule has 0 aliphatic carbocycles. The van der Waals surface area contributed by atoms with Crippen molar-refractivity contribution in [1.82, 2.24) is 4.90 Å². The first kappa shape index (κ1) is 22.7. The largest absolute Gasteiger partial charge is 0.494 e. The Bertz CT molecular complexity index is 1320. The van der Waals surface area contributed by atoms with Gasteiger partial charge in [-0.25, -0.2) is 4.90 Å². The molecule has 0 radical (unpaired) electrons. The summed E-state index contributed by atoms with van der Waals surface area (Å²) < 4.78 is 11.0. The highest BCUT2D eigenvalue weighted by Gasteiger charge is 2.37. The van der Waals surface area contributed by atoms with Gasteiger partial charge in [0.15, 0.2) is 0 Å². The third kappa shape index (κ3) is 4.14. The maximum Gasteiger partial charge on any atom is 0.266 e. The van der Waals surface area contributed by atoms with E-state index in [2.05, 4.69) is 6.07 Å². The molecule has 0 saturated carbocycles. The van der Waals surface area contributed by atoms with Crippen molar-refractivity contribution in [3.8, 4) is 11.5 Å². The molecule has 7 heteroatoms. The van der Waals surface area contributed by atoms with Gasteiger partial charge in [-0.1, -0.05) is 6.07 Å². The zero-order chi connectivity index (χ0) is 24.5. The zero-order valence-electron chi connectivity index (χ0n) is 19.7. The number of anilines is 1. The highest BCUT2D eigenvalue weighted by atomic mass is 16.5. The van der Waals surface area contributed by atoms with Crippen molar-refractivity contribution < 1.29 is 23.9 Å². The van der Waals surface area contributed by atoms with Gasteiger partial charge in [0.1, 0.15) is 11.5 Å². The van der Waals surface area contributed by atoms with E-state index in [4.69, 9.17) is 9.47 Å². The number of hydrogen-bond donors (Lipinski definition) is 0. The predicted molar refractivity (Wildman–Crippen MR) is 131 cm³/mol. The Hall–Kier alpha value is -4.13. The lowest BCUT2D eigenvalue weighted by Gasteiger charge is -2.29. The Kier molecular flexibility index (Phi) is 5.99. The molecule has 0 unspecified atom stereocenters. The molecule has 2 aliphatic heterocycles. The number of nitrogens with zero attached hydrogens (tertiary/aromatic N) is 2. The van der Waals surface area contributed by atoms with Gasteiger partial charge < -0.3 is 14.4 Å². The van der Waals surface area contributed by atoms with Gasteiger partial charge in [0, 0.05) is 18.7 Å². The molecule has 178 valence electrons. The molecule has 0 saturated heterocycles. The third-order valence-corrected chi connectivity index (χ3v) is 6.33. The van der Waals surface area contributed by atoms with E-state index < -0.39 is 11.8 Å². The predicted octanol–water partition coefficient (Wildman–Crippen LogP) is 4.48. The molecule has 0 spiro atoms. The van der Waals surface area contributed by atoms with Gasteiger partial charge in [0.2, 0.25) is 0 Å². The first-order chi connectivity index (χ1) is 17.0. The Morgan fingerprint density at radius 2 is 1.49 bits per heavy atom. The SMILES string of the molecule is CCOc1ccc(N2C(=O)c3ccc(C(=O)N4CCc5ccc(OCC)cc5C4)cc3C2=O)cc1. The van der Waals surface area contributed by atoms with Crippen LogP contribution in [-0.2, 0) is 13.0 Å². The fourth-order valence-electron chi connectivity index (χ4n) is 4.61. The lowest BCUT2D eigenvalue weighted by atomic mass is 9.98. The van der Waals surface area contributed by atoms with Crippen LogP contribution in [0.4, 0.5) is 5.69 Å². The van der Waals surface area contributed by atoms with Gasteiger partial charge in [-0.3, -0.25) is 14.4 Å². The second kappa shape index (κ2) is 9.25. The topological polar surface area (TPSA) is 76.2 Å². The molecule has 5 rings (SSSR count). The Morgan fingerprint density at radius 3 is 2.23 bits per heavy atom. The van der Waals surface area contributed by atoms with E-state index in [1.54, 1.807) is 47.4 Å². The molecule has 7 nitrogen and oxygen atoms in total. The van der Waals surface area contributed by atoms with Crippen LogP contribution in [-0.4, -0.2) is 42.4 Å². The van der Waals surface area contributed by atoms with Gasteiger partial charge >= 0.3 is 0 Å². The van der Waals surface area contributed by atoms with E-state index >= 15 is 0 Å². The van der Waals surface area contributed by atoms with E-state index in [1.807, 2.05) is 26.0 Å². The van der Waals surface area contributed by atoms with Crippen LogP contribution in [0.5, 0.6) is 11.5 Å². The summed E-state index contributed by atoms with van der Waals surface area (Å²) in [6, 6.07) is 17.5. The Balaban J connectivity index is 1.37. The van der Waals surface area contributed by atoms with Crippen molar-refractivity contribution in [2.45, 2.75) is 26.8 Å². The standard InChI is InChI=1S/C28H26N2O5/c1-3-34-22-10-7-21(8-11-22)30-27(32)24-12-6-19(16-25(24)28(30)33)26(31)29-14-13-18-5-9-23(35-4-2)15-20(18)17-29/h5-12,15-16H,3-4,13-14,17H2,1-2H3. The molecule has 0 atom stereocenters. The zero-order valence-corrected chi connectivity index (χ0v) is 19.7. The Labute approximate surface area is 203 Å². The molecule has 0 fully saturated rings. The summed E-state index contributed by atoms with van der Waals surface area (Å²) >= 11 is 0. The van der Waals surface area contributed by atoms with Crippen molar-refractivity contribution in [1.29, 1.82) is 0 Å². The Morgan fingerprint density at radius 1 is 0.800 bits per heavy atom. The number of ether oxygens (including phenoxy) is 2. The molecule has 2 aliphatic rings. The maximum absolute atomic E-state index is 13.3. The van der Waals surface area contributed by atoms with Crippen LogP contribution in [0.2, 0.25) is 0 Å². The molecule has 0 N–H and O–H groups in total. The molecule has 35 heavy (non-hydrogen) atoms. The number of carbonyl (C=O) groups excluding carboxylic acids is 3. The van der Waals surface area contributed by atoms with Crippen LogP contribution in [0, 0.1) is 0 Å². The van der Waals surface area contributed by atoms with Crippen molar-refractivity contribution in [3.05, 3.63) is 88.5 Å². The number of benzene rings is 3. The second-order valence-electron chi connectivity index (χ2n) is 8.47. The van der Waals surface area contributed by atoms with Gasteiger partial charge in [-0.05, 0) is 86.0 Å². The number of amides is 3. The van der Waals surface area contributed by atoms with E-state index in [0.717, 1.165) is 22.6 Å². The van der Waals surface area contributed by atoms with Crippen LogP contribution in [0.25, 0.3) is 0 Å².